The summed E-state index contributed by atoms with van der Waals surface area (Å²) in [7, 11) is 0. The number of halogens is 2. The van der Waals surface area contributed by atoms with E-state index in [1.54, 1.807) is 18.2 Å². The molecule has 0 radical (unpaired) electrons. The number of carbonyl (C=O) groups is 1. The highest BCUT2D eigenvalue weighted by Crippen LogP contribution is 2.25. The van der Waals surface area contributed by atoms with Crippen molar-refractivity contribution >= 4 is 18.4 Å². The van der Waals surface area contributed by atoms with E-state index in [4.69, 9.17) is 0 Å². The molecule has 0 amide bonds. The van der Waals surface area contributed by atoms with Crippen molar-refractivity contribution in [2.45, 2.75) is 24.8 Å². The normalized spacial score (nSPS) is 23.1. The molecule has 0 unspecified atom stereocenters. The van der Waals surface area contributed by atoms with Gasteiger partial charge in [-0.05, 0) is 31.0 Å². The van der Waals surface area contributed by atoms with Gasteiger partial charge in [0.25, 0.3) is 0 Å². The first-order chi connectivity index (χ1) is 7.64. The van der Waals surface area contributed by atoms with Gasteiger partial charge < -0.3 is 10.4 Å². The van der Waals surface area contributed by atoms with E-state index in [1.165, 1.54) is 6.07 Å². The molecule has 2 N–H and O–H groups in total. The number of hydrogen-bond acceptors (Lipinski definition) is 2. The predicted octanol–water partition coefficient (Wildman–Crippen LogP) is 2.00. The molecule has 1 aliphatic heterocycles. The van der Waals surface area contributed by atoms with Crippen LogP contribution in [0.4, 0.5) is 4.39 Å². The number of nitrogens with one attached hydrogen (secondary N) is 1. The molecule has 0 aliphatic carbocycles. The first kappa shape index (κ1) is 13.9. The van der Waals surface area contributed by atoms with Crippen LogP contribution in [0.2, 0.25) is 0 Å². The van der Waals surface area contributed by atoms with Crippen molar-refractivity contribution in [3.8, 4) is 0 Å². The molecule has 94 valence electrons. The van der Waals surface area contributed by atoms with Crippen LogP contribution < -0.4 is 5.32 Å². The molecule has 1 fully saturated rings. The minimum atomic E-state index is -0.984. The van der Waals surface area contributed by atoms with Gasteiger partial charge in [-0.15, -0.1) is 12.4 Å². The van der Waals surface area contributed by atoms with Crippen LogP contribution >= 0.6 is 12.4 Å². The Morgan fingerprint density at radius 2 is 2.18 bits per heavy atom. The monoisotopic (exact) mass is 259 g/mol. The maximum Gasteiger partial charge on any atom is 0.324 e. The molecule has 1 aromatic rings. The van der Waals surface area contributed by atoms with Gasteiger partial charge in [-0.2, -0.15) is 0 Å². The van der Waals surface area contributed by atoms with Crippen LogP contribution in [0.25, 0.3) is 0 Å². The number of carboxylic acid groups (broad SMARTS) is 1. The number of rotatable bonds is 3. The Labute approximate surface area is 105 Å². The average molecular weight is 260 g/mol. The van der Waals surface area contributed by atoms with E-state index in [0.717, 1.165) is 6.42 Å². The zero-order chi connectivity index (χ0) is 11.6. The molecular formula is C12H15ClFNO2. The van der Waals surface area contributed by atoms with Gasteiger partial charge in [0.15, 0.2) is 0 Å². The zero-order valence-electron chi connectivity index (χ0n) is 9.28. The summed E-state index contributed by atoms with van der Waals surface area (Å²) < 4.78 is 13.5. The van der Waals surface area contributed by atoms with Gasteiger partial charge in [-0.1, -0.05) is 18.2 Å². The van der Waals surface area contributed by atoms with Gasteiger partial charge in [0.1, 0.15) is 11.4 Å². The molecule has 1 aromatic carbocycles. The van der Waals surface area contributed by atoms with Crippen LogP contribution in [0.15, 0.2) is 24.3 Å². The molecule has 1 heterocycles. The van der Waals surface area contributed by atoms with Gasteiger partial charge in [-0.25, -0.2) is 4.39 Å². The van der Waals surface area contributed by atoms with Crippen molar-refractivity contribution in [3.05, 3.63) is 35.6 Å². The predicted molar refractivity (Wildman–Crippen MR) is 65.0 cm³/mol. The molecule has 17 heavy (non-hydrogen) atoms. The molecule has 3 nitrogen and oxygen atoms in total. The lowest BCUT2D eigenvalue weighted by Crippen LogP contribution is -2.49. The van der Waals surface area contributed by atoms with Crippen LogP contribution in [0, 0.1) is 5.82 Å². The van der Waals surface area contributed by atoms with E-state index in [1.807, 2.05) is 0 Å². The van der Waals surface area contributed by atoms with E-state index in [2.05, 4.69) is 5.32 Å². The van der Waals surface area contributed by atoms with Crippen LogP contribution in [-0.2, 0) is 11.2 Å². The molecule has 1 saturated heterocycles. The Morgan fingerprint density at radius 1 is 1.47 bits per heavy atom. The highest BCUT2D eigenvalue weighted by Gasteiger charge is 2.41. The standard InChI is InChI=1S/C12H14FNO2.ClH/c13-10-5-2-1-4-9(10)8-12(11(15)16)6-3-7-14-12;/h1-2,4-5,14H,3,6-8H2,(H,15,16);1H/t12-;/m0./s1. The lowest BCUT2D eigenvalue weighted by Gasteiger charge is -2.24. The Balaban J connectivity index is 0.00000144. The van der Waals surface area contributed by atoms with Crippen molar-refractivity contribution in [2.24, 2.45) is 0 Å². The fourth-order valence-corrected chi connectivity index (χ4v) is 2.18. The van der Waals surface area contributed by atoms with Crippen LogP contribution in [0.5, 0.6) is 0 Å². The summed E-state index contributed by atoms with van der Waals surface area (Å²) in [6, 6.07) is 6.33. The summed E-state index contributed by atoms with van der Waals surface area (Å²) in [4.78, 5) is 11.3. The number of hydrogen-bond donors (Lipinski definition) is 2. The molecule has 0 bridgehead atoms. The minimum Gasteiger partial charge on any atom is -0.480 e. The van der Waals surface area contributed by atoms with E-state index in [-0.39, 0.29) is 24.6 Å². The number of aliphatic carboxylic acids is 1. The Morgan fingerprint density at radius 3 is 2.71 bits per heavy atom. The fourth-order valence-electron chi connectivity index (χ4n) is 2.18. The van der Waals surface area contributed by atoms with Gasteiger partial charge in [0.05, 0.1) is 0 Å². The van der Waals surface area contributed by atoms with E-state index in [9.17, 15) is 14.3 Å². The summed E-state index contributed by atoms with van der Waals surface area (Å²) >= 11 is 0. The van der Waals surface area contributed by atoms with Gasteiger partial charge >= 0.3 is 5.97 Å². The summed E-state index contributed by atoms with van der Waals surface area (Å²) in [5.74, 6) is -1.23. The topological polar surface area (TPSA) is 49.3 Å². The highest BCUT2D eigenvalue weighted by molar-refractivity contribution is 5.85. The van der Waals surface area contributed by atoms with E-state index >= 15 is 0 Å². The van der Waals surface area contributed by atoms with Gasteiger partial charge in [0, 0.05) is 6.42 Å². The molecule has 0 saturated carbocycles. The first-order valence-corrected chi connectivity index (χ1v) is 5.36. The van der Waals surface area contributed by atoms with Gasteiger partial charge in [0.2, 0.25) is 0 Å². The SMILES string of the molecule is Cl.O=C(O)[C@@]1(Cc2ccccc2F)CCCN1. The van der Waals surface area contributed by atoms with E-state index < -0.39 is 11.5 Å². The Hall–Kier alpha value is -1.13. The summed E-state index contributed by atoms with van der Waals surface area (Å²) in [6.45, 7) is 0.681. The second-order valence-electron chi connectivity index (χ2n) is 4.19. The lowest BCUT2D eigenvalue weighted by molar-refractivity contribution is -0.144. The third-order valence-electron chi connectivity index (χ3n) is 3.10. The van der Waals surface area contributed by atoms with Crippen LogP contribution in [0.1, 0.15) is 18.4 Å². The maximum atomic E-state index is 13.5. The lowest BCUT2D eigenvalue weighted by atomic mass is 9.89. The van der Waals surface area contributed by atoms with Crippen LogP contribution in [-0.4, -0.2) is 23.2 Å². The second-order valence-corrected chi connectivity index (χ2v) is 4.19. The van der Waals surface area contributed by atoms with Crippen molar-refractivity contribution in [3.63, 3.8) is 0 Å². The van der Waals surface area contributed by atoms with Gasteiger partial charge in [-0.3, -0.25) is 4.79 Å². The molecule has 5 heteroatoms. The maximum absolute atomic E-state index is 13.5. The summed E-state index contributed by atoms with van der Waals surface area (Å²) in [6.07, 6.45) is 1.58. The second kappa shape index (κ2) is 5.47. The summed E-state index contributed by atoms with van der Waals surface area (Å²) in [5.41, 5.74) is -0.526. The fraction of sp³-hybridized carbons (Fsp3) is 0.417. The molecular weight excluding hydrogens is 245 g/mol. The quantitative estimate of drug-likeness (QED) is 0.873. The van der Waals surface area contributed by atoms with Crippen molar-refractivity contribution in [2.75, 3.05) is 6.54 Å². The third kappa shape index (κ3) is 2.76. The minimum absolute atomic E-state index is 0. The van der Waals surface area contributed by atoms with Crippen molar-refractivity contribution in [1.82, 2.24) is 5.32 Å². The average Bonchev–Trinajstić information content (AvgIpc) is 2.71. The van der Waals surface area contributed by atoms with Crippen LogP contribution in [0.3, 0.4) is 0 Å². The number of benzene rings is 1. The third-order valence-corrected chi connectivity index (χ3v) is 3.10. The molecule has 0 spiro atoms. The molecule has 2 rings (SSSR count). The Kier molecular flexibility index (Phi) is 4.48. The first-order valence-electron chi connectivity index (χ1n) is 5.36. The van der Waals surface area contributed by atoms with Crippen molar-refractivity contribution < 1.29 is 14.3 Å². The van der Waals surface area contributed by atoms with E-state index in [0.29, 0.717) is 18.5 Å². The smallest absolute Gasteiger partial charge is 0.324 e. The molecule has 1 aliphatic rings. The summed E-state index contributed by atoms with van der Waals surface area (Å²) in [5, 5.41) is 12.2. The largest absolute Gasteiger partial charge is 0.480 e. The number of carboxylic acids is 1. The van der Waals surface area contributed by atoms with Crippen molar-refractivity contribution in [1.29, 1.82) is 0 Å². The highest BCUT2D eigenvalue weighted by atomic mass is 35.5. The Bertz CT molecular complexity index is 405. The molecule has 0 aromatic heterocycles. The zero-order valence-corrected chi connectivity index (χ0v) is 10.1. The molecule has 1 atom stereocenters.